The SMILES string of the molecule is CCN(Cc1ccccn1)C(c1cccc(F)c1)C(C)N. The van der Waals surface area contributed by atoms with Crippen LogP contribution >= 0.6 is 0 Å². The molecule has 0 radical (unpaired) electrons. The van der Waals surface area contributed by atoms with Gasteiger partial charge in [-0.1, -0.05) is 25.1 Å². The molecule has 0 aliphatic heterocycles. The van der Waals surface area contributed by atoms with Crippen LogP contribution in [0.5, 0.6) is 0 Å². The van der Waals surface area contributed by atoms with Gasteiger partial charge in [-0.3, -0.25) is 9.88 Å². The van der Waals surface area contributed by atoms with Crippen LogP contribution in [0.15, 0.2) is 48.7 Å². The molecule has 1 heterocycles. The van der Waals surface area contributed by atoms with Crippen molar-refractivity contribution in [3.05, 3.63) is 65.7 Å². The molecule has 1 aromatic carbocycles. The molecule has 0 saturated carbocycles. The number of hydrogen-bond donors (Lipinski definition) is 1. The zero-order chi connectivity index (χ0) is 15.2. The Morgan fingerprint density at radius 3 is 2.62 bits per heavy atom. The lowest BCUT2D eigenvalue weighted by atomic mass is 9.98. The standard InChI is InChI=1S/C17H22FN3/c1-3-21(12-16-9-4-5-10-20-16)17(13(2)19)14-7-6-8-15(18)11-14/h4-11,13,17H,3,12,19H2,1-2H3. The van der Waals surface area contributed by atoms with Crippen LogP contribution in [0, 0.1) is 5.82 Å². The molecule has 2 rings (SSSR count). The van der Waals surface area contributed by atoms with Crippen LogP contribution in [0.1, 0.15) is 31.1 Å². The average Bonchev–Trinajstić information content (AvgIpc) is 2.47. The van der Waals surface area contributed by atoms with Crippen molar-refractivity contribution in [2.45, 2.75) is 32.5 Å². The first-order valence-electron chi connectivity index (χ1n) is 7.26. The highest BCUT2D eigenvalue weighted by molar-refractivity contribution is 5.22. The maximum Gasteiger partial charge on any atom is 0.123 e. The number of benzene rings is 1. The fourth-order valence-electron chi connectivity index (χ4n) is 2.64. The summed E-state index contributed by atoms with van der Waals surface area (Å²) in [6, 6.07) is 12.4. The minimum absolute atomic E-state index is 0.0345. The van der Waals surface area contributed by atoms with Crippen LogP contribution in [0.2, 0.25) is 0 Å². The van der Waals surface area contributed by atoms with Gasteiger partial charge in [-0.25, -0.2) is 4.39 Å². The van der Waals surface area contributed by atoms with Crippen molar-refractivity contribution in [2.75, 3.05) is 6.54 Å². The molecule has 2 atom stereocenters. The number of likely N-dealkylation sites (N-methyl/N-ethyl adjacent to an activating group) is 1. The van der Waals surface area contributed by atoms with Crippen molar-refractivity contribution in [1.82, 2.24) is 9.88 Å². The maximum atomic E-state index is 13.5. The summed E-state index contributed by atoms with van der Waals surface area (Å²) < 4.78 is 13.5. The molecule has 2 N–H and O–H groups in total. The summed E-state index contributed by atoms with van der Waals surface area (Å²) in [5.74, 6) is -0.230. The molecule has 2 unspecified atom stereocenters. The van der Waals surface area contributed by atoms with Crippen LogP contribution in [0.3, 0.4) is 0 Å². The van der Waals surface area contributed by atoms with E-state index < -0.39 is 0 Å². The Labute approximate surface area is 125 Å². The molecule has 0 fully saturated rings. The van der Waals surface area contributed by atoms with Crippen molar-refractivity contribution in [2.24, 2.45) is 5.73 Å². The van der Waals surface area contributed by atoms with Gasteiger partial charge in [0, 0.05) is 18.8 Å². The molecule has 0 amide bonds. The van der Waals surface area contributed by atoms with Crippen LogP contribution in [-0.2, 0) is 6.54 Å². The van der Waals surface area contributed by atoms with Gasteiger partial charge in [0.15, 0.2) is 0 Å². The first-order chi connectivity index (χ1) is 10.1. The summed E-state index contributed by atoms with van der Waals surface area (Å²) in [4.78, 5) is 6.59. The van der Waals surface area contributed by atoms with E-state index in [1.54, 1.807) is 18.3 Å². The molecule has 0 saturated heterocycles. The third-order valence-electron chi connectivity index (χ3n) is 3.58. The predicted octanol–water partition coefficient (Wildman–Crippen LogP) is 3.13. The fourth-order valence-corrected chi connectivity index (χ4v) is 2.64. The lowest BCUT2D eigenvalue weighted by Crippen LogP contribution is -2.39. The number of aromatic nitrogens is 1. The summed E-state index contributed by atoms with van der Waals surface area (Å²) in [6.45, 7) is 5.55. The maximum absolute atomic E-state index is 13.5. The highest BCUT2D eigenvalue weighted by Crippen LogP contribution is 2.25. The van der Waals surface area contributed by atoms with Crippen LogP contribution in [0.4, 0.5) is 4.39 Å². The monoisotopic (exact) mass is 287 g/mol. The molecule has 2 aromatic rings. The number of rotatable bonds is 6. The van der Waals surface area contributed by atoms with E-state index >= 15 is 0 Å². The molecule has 0 aliphatic carbocycles. The van der Waals surface area contributed by atoms with E-state index in [1.807, 2.05) is 31.2 Å². The second-order valence-corrected chi connectivity index (χ2v) is 5.24. The molecule has 4 heteroatoms. The van der Waals surface area contributed by atoms with Gasteiger partial charge in [0.05, 0.1) is 11.7 Å². The quantitative estimate of drug-likeness (QED) is 0.887. The van der Waals surface area contributed by atoms with Gasteiger partial charge in [-0.05, 0) is 43.3 Å². The molecule has 0 aliphatic rings. The number of halogens is 1. The highest BCUT2D eigenvalue weighted by atomic mass is 19.1. The van der Waals surface area contributed by atoms with Gasteiger partial charge in [0.2, 0.25) is 0 Å². The molecular weight excluding hydrogens is 265 g/mol. The number of nitrogens with two attached hydrogens (primary N) is 1. The van der Waals surface area contributed by atoms with Crippen LogP contribution in [0.25, 0.3) is 0 Å². The Morgan fingerprint density at radius 1 is 1.24 bits per heavy atom. The average molecular weight is 287 g/mol. The third kappa shape index (κ3) is 4.09. The molecule has 1 aromatic heterocycles. The highest BCUT2D eigenvalue weighted by Gasteiger charge is 2.23. The lowest BCUT2D eigenvalue weighted by Gasteiger charge is -2.33. The smallest absolute Gasteiger partial charge is 0.123 e. The van der Waals surface area contributed by atoms with Gasteiger partial charge < -0.3 is 5.73 Å². The van der Waals surface area contributed by atoms with Crippen molar-refractivity contribution in [3.63, 3.8) is 0 Å². The van der Waals surface area contributed by atoms with Crippen LogP contribution < -0.4 is 5.73 Å². The van der Waals surface area contributed by atoms with Gasteiger partial charge in [0.1, 0.15) is 5.82 Å². The van der Waals surface area contributed by atoms with E-state index in [9.17, 15) is 4.39 Å². The minimum Gasteiger partial charge on any atom is -0.326 e. The number of pyridine rings is 1. The number of hydrogen-bond acceptors (Lipinski definition) is 3. The van der Waals surface area contributed by atoms with E-state index in [4.69, 9.17) is 5.73 Å². The lowest BCUT2D eigenvalue weighted by molar-refractivity contribution is 0.174. The van der Waals surface area contributed by atoms with Crippen LogP contribution in [-0.4, -0.2) is 22.5 Å². The first-order valence-corrected chi connectivity index (χ1v) is 7.26. The number of nitrogens with zero attached hydrogens (tertiary/aromatic N) is 2. The topological polar surface area (TPSA) is 42.2 Å². The first kappa shape index (κ1) is 15.6. The normalized spacial score (nSPS) is 14.1. The molecule has 21 heavy (non-hydrogen) atoms. The largest absolute Gasteiger partial charge is 0.326 e. The fraction of sp³-hybridized carbons (Fsp3) is 0.353. The Balaban J connectivity index is 2.26. The molecule has 3 nitrogen and oxygen atoms in total. The summed E-state index contributed by atoms with van der Waals surface area (Å²) >= 11 is 0. The summed E-state index contributed by atoms with van der Waals surface area (Å²) in [5, 5.41) is 0. The van der Waals surface area contributed by atoms with E-state index in [0.29, 0.717) is 6.54 Å². The predicted molar refractivity (Wildman–Crippen MR) is 83.1 cm³/mol. The zero-order valence-electron chi connectivity index (χ0n) is 12.5. The zero-order valence-corrected chi connectivity index (χ0v) is 12.5. The van der Waals surface area contributed by atoms with E-state index in [1.165, 1.54) is 6.07 Å². The van der Waals surface area contributed by atoms with Gasteiger partial charge >= 0.3 is 0 Å². The molecular formula is C17H22FN3. The van der Waals surface area contributed by atoms with Gasteiger partial charge in [-0.15, -0.1) is 0 Å². The summed E-state index contributed by atoms with van der Waals surface area (Å²) in [6.07, 6.45) is 1.78. The second-order valence-electron chi connectivity index (χ2n) is 5.24. The van der Waals surface area contributed by atoms with Gasteiger partial charge in [0.25, 0.3) is 0 Å². The Morgan fingerprint density at radius 2 is 2.05 bits per heavy atom. The molecule has 0 bridgehead atoms. The van der Waals surface area contributed by atoms with Crippen molar-refractivity contribution in [3.8, 4) is 0 Å². The molecule has 112 valence electrons. The third-order valence-corrected chi connectivity index (χ3v) is 3.58. The Kier molecular flexibility index (Phi) is 5.42. The Hall–Kier alpha value is -1.78. The summed E-state index contributed by atoms with van der Waals surface area (Å²) in [7, 11) is 0. The van der Waals surface area contributed by atoms with Gasteiger partial charge in [-0.2, -0.15) is 0 Å². The van der Waals surface area contributed by atoms with Crippen molar-refractivity contribution >= 4 is 0 Å². The van der Waals surface area contributed by atoms with Crippen molar-refractivity contribution < 1.29 is 4.39 Å². The van der Waals surface area contributed by atoms with E-state index in [-0.39, 0.29) is 17.9 Å². The summed E-state index contributed by atoms with van der Waals surface area (Å²) in [5.41, 5.74) is 8.06. The van der Waals surface area contributed by atoms with E-state index in [2.05, 4.69) is 16.8 Å². The minimum atomic E-state index is -0.230. The van der Waals surface area contributed by atoms with E-state index in [0.717, 1.165) is 17.8 Å². The Bertz CT molecular complexity index is 557. The second kappa shape index (κ2) is 7.29. The molecule has 0 spiro atoms. The van der Waals surface area contributed by atoms with Crippen molar-refractivity contribution in [1.29, 1.82) is 0 Å².